The van der Waals surface area contributed by atoms with Crippen LogP contribution in [0, 0.1) is 13.8 Å². The van der Waals surface area contributed by atoms with Gasteiger partial charge in [0.05, 0.1) is 11.8 Å². The molecule has 0 spiro atoms. The molecule has 0 aliphatic carbocycles. The van der Waals surface area contributed by atoms with Gasteiger partial charge in [0.25, 0.3) is 0 Å². The number of carbonyl (C=O) groups excluding carboxylic acids is 1. The summed E-state index contributed by atoms with van der Waals surface area (Å²) < 4.78 is 5.73. The summed E-state index contributed by atoms with van der Waals surface area (Å²) in [5.41, 5.74) is 2.34. The molecule has 0 saturated carbocycles. The lowest BCUT2D eigenvalue weighted by Gasteiger charge is -2.15. The number of halogens is 1. The highest BCUT2D eigenvalue weighted by Crippen LogP contribution is 2.26. The standard InChI is InChI=1S/C20H24ClNO2S/c1-4-19(25-18-7-5-16(21)6-8-18)20(23)22-9-10-24-17-12-14(2)11-15(3)13-17/h5-8,11-13,19H,4,9-10H2,1-3H3,(H,22,23)/t19-/m1/s1. The van der Waals surface area contributed by atoms with Crippen LogP contribution < -0.4 is 10.1 Å². The van der Waals surface area contributed by atoms with Crippen LogP contribution in [0.1, 0.15) is 24.5 Å². The Hall–Kier alpha value is -1.65. The van der Waals surface area contributed by atoms with Crippen LogP contribution in [-0.4, -0.2) is 24.3 Å². The van der Waals surface area contributed by atoms with Gasteiger partial charge in [0, 0.05) is 9.92 Å². The second-order valence-corrected chi connectivity index (χ2v) is 7.64. The number of hydrogen-bond acceptors (Lipinski definition) is 3. The van der Waals surface area contributed by atoms with Crippen LogP contribution in [0.3, 0.4) is 0 Å². The number of thioether (sulfide) groups is 1. The third kappa shape index (κ3) is 6.63. The maximum atomic E-state index is 12.4. The number of ether oxygens (including phenoxy) is 1. The van der Waals surface area contributed by atoms with Crippen molar-refractivity contribution >= 4 is 29.3 Å². The summed E-state index contributed by atoms with van der Waals surface area (Å²) in [6.07, 6.45) is 0.761. The predicted molar refractivity (Wildman–Crippen MR) is 106 cm³/mol. The van der Waals surface area contributed by atoms with Crippen molar-refractivity contribution in [2.75, 3.05) is 13.2 Å². The molecule has 0 bridgehead atoms. The van der Waals surface area contributed by atoms with Crippen molar-refractivity contribution in [2.24, 2.45) is 0 Å². The summed E-state index contributed by atoms with van der Waals surface area (Å²) in [4.78, 5) is 13.4. The van der Waals surface area contributed by atoms with E-state index in [2.05, 4.69) is 11.4 Å². The minimum absolute atomic E-state index is 0.0338. The van der Waals surface area contributed by atoms with Gasteiger partial charge in [0.2, 0.25) is 5.91 Å². The van der Waals surface area contributed by atoms with Gasteiger partial charge in [-0.2, -0.15) is 0 Å². The Labute approximate surface area is 159 Å². The lowest BCUT2D eigenvalue weighted by atomic mass is 10.1. The van der Waals surface area contributed by atoms with Gasteiger partial charge in [0.15, 0.2) is 0 Å². The van der Waals surface area contributed by atoms with Gasteiger partial charge in [-0.15, -0.1) is 11.8 Å². The SMILES string of the molecule is CC[C@@H](Sc1ccc(Cl)cc1)C(=O)NCCOc1cc(C)cc(C)c1. The Bertz CT molecular complexity index is 683. The second kappa shape index (κ2) is 9.73. The van der Waals surface area contributed by atoms with Crippen LogP contribution in [0.2, 0.25) is 5.02 Å². The molecule has 3 nitrogen and oxygen atoms in total. The van der Waals surface area contributed by atoms with Gasteiger partial charge >= 0.3 is 0 Å². The molecule has 0 aliphatic rings. The molecule has 5 heteroatoms. The molecule has 2 aromatic rings. The van der Waals surface area contributed by atoms with Gasteiger partial charge in [-0.25, -0.2) is 0 Å². The highest BCUT2D eigenvalue weighted by atomic mass is 35.5. The fourth-order valence-corrected chi connectivity index (χ4v) is 3.58. The molecule has 0 fully saturated rings. The Balaban J connectivity index is 1.78. The van der Waals surface area contributed by atoms with Crippen LogP contribution >= 0.6 is 23.4 Å². The van der Waals surface area contributed by atoms with Crippen LogP contribution in [0.4, 0.5) is 0 Å². The minimum atomic E-state index is -0.123. The number of nitrogens with one attached hydrogen (secondary N) is 1. The van der Waals surface area contributed by atoms with Crippen molar-refractivity contribution in [3.8, 4) is 5.75 Å². The zero-order valence-corrected chi connectivity index (χ0v) is 16.4. The van der Waals surface area contributed by atoms with E-state index in [1.165, 1.54) is 11.1 Å². The number of benzene rings is 2. The van der Waals surface area contributed by atoms with Crippen LogP contribution in [-0.2, 0) is 4.79 Å². The average molecular weight is 378 g/mol. The van der Waals surface area contributed by atoms with E-state index >= 15 is 0 Å². The molecular formula is C20H24ClNO2S. The lowest BCUT2D eigenvalue weighted by molar-refractivity contribution is -0.120. The minimum Gasteiger partial charge on any atom is -0.492 e. The lowest BCUT2D eigenvalue weighted by Crippen LogP contribution is -2.35. The highest BCUT2D eigenvalue weighted by molar-refractivity contribution is 8.00. The quantitative estimate of drug-likeness (QED) is 0.518. The number of carbonyl (C=O) groups is 1. The molecule has 0 aromatic heterocycles. The molecule has 2 aromatic carbocycles. The summed E-state index contributed by atoms with van der Waals surface area (Å²) >= 11 is 7.45. The predicted octanol–water partition coefficient (Wildman–Crippen LogP) is 5.02. The Kier molecular flexibility index (Phi) is 7.66. The van der Waals surface area contributed by atoms with Crippen molar-refractivity contribution in [3.05, 3.63) is 58.6 Å². The third-order valence-electron chi connectivity index (χ3n) is 3.62. The van der Waals surface area contributed by atoms with Crippen molar-refractivity contribution in [1.82, 2.24) is 5.32 Å². The van der Waals surface area contributed by atoms with E-state index in [0.717, 1.165) is 17.1 Å². The van der Waals surface area contributed by atoms with E-state index in [1.807, 2.05) is 57.2 Å². The molecule has 2 rings (SSSR count). The van der Waals surface area contributed by atoms with Crippen molar-refractivity contribution in [2.45, 2.75) is 37.3 Å². The third-order valence-corrected chi connectivity index (χ3v) is 5.25. The molecule has 134 valence electrons. The van der Waals surface area contributed by atoms with E-state index in [0.29, 0.717) is 18.2 Å². The van der Waals surface area contributed by atoms with Crippen molar-refractivity contribution in [1.29, 1.82) is 0 Å². The van der Waals surface area contributed by atoms with Crippen molar-refractivity contribution in [3.63, 3.8) is 0 Å². The molecule has 1 amide bonds. The monoisotopic (exact) mass is 377 g/mol. The molecule has 25 heavy (non-hydrogen) atoms. The first-order chi connectivity index (χ1) is 12.0. The number of amides is 1. The summed E-state index contributed by atoms with van der Waals surface area (Å²) in [7, 11) is 0. The Morgan fingerprint density at radius 1 is 1.16 bits per heavy atom. The number of aryl methyl sites for hydroxylation is 2. The zero-order chi connectivity index (χ0) is 18.2. The molecule has 1 atom stereocenters. The van der Waals surface area contributed by atoms with Gasteiger partial charge in [-0.1, -0.05) is 24.6 Å². The average Bonchev–Trinajstić information content (AvgIpc) is 2.57. The maximum absolute atomic E-state index is 12.4. The molecule has 0 aliphatic heterocycles. The first kappa shape index (κ1) is 19.7. The summed E-state index contributed by atoms with van der Waals surface area (Å²) in [5, 5.41) is 3.53. The molecule has 0 radical (unpaired) electrons. The number of hydrogen-bond donors (Lipinski definition) is 1. The van der Waals surface area contributed by atoms with Crippen LogP contribution in [0.5, 0.6) is 5.75 Å². The Morgan fingerprint density at radius 3 is 2.40 bits per heavy atom. The highest BCUT2D eigenvalue weighted by Gasteiger charge is 2.17. The largest absolute Gasteiger partial charge is 0.492 e. The first-order valence-electron chi connectivity index (χ1n) is 8.39. The molecular weight excluding hydrogens is 354 g/mol. The molecule has 1 N–H and O–H groups in total. The van der Waals surface area contributed by atoms with Crippen LogP contribution in [0.25, 0.3) is 0 Å². The zero-order valence-electron chi connectivity index (χ0n) is 14.8. The van der Waals surface area contributed by atoms with E-state index in [1.54, 1.807) is 11.8 Å². The topological polar surface area (TPSA) is 38.3 Å². The summed E-state index contributed by atoms with van der Waals surface area (Å²) in [5.74, 6) is 0.876. The van der Waals surface area contributed by atoms with E-state index < -0.39 is 0 Å². The van der Waals surface area contributed by atoms with Gasteiger partial charge < -0.3 is 10.1 Å². The Morgan fingerprint density at radius 2 is 1.80 bits per heavy atom. The van der Waals surface area contributed by atoms with Crippen molar-refractivity contribution < 1.29 is 9.53 Å². The van der Waals surface area contributed by atoms with Crippen LogP contribution in [0.15, 0.2) is 47.4 Å². The maximum Gasteiger partial charge on any atom is 0.233 e. The first-order valence-corrected chi connectivity index (χ1v) is 9.64. The number of rotatable bonds is 8. The molecule has 0 heterocycles. The molecule has 0 unspecified atom stereocenters. The van der Waals surface area contributed by atoms with E-state index in [9.17, 15) is 4.79 Å². The van der Waals surface area contributed by atoms with Gasteiger partial charge in [-0.05, 0) is 67.8 Å². The van der Waals surface area contributed by atoms with Gasteiger partial charge in [-0.3, -0.25) is 4.79 Å². The fraction of sp³-hybridized carbons (Fsp3) is 0.350. The smallest absolute Gasteiger partial charge is 0.233 e. The van der Waals surface area contributed by atoms with E-state index in [-0.39, 0.29) is 11.2 Å². The van der Waals surface area contributed by atoms with E-state index in [4.69, 9.17) is 16.3 Å². The van der Waals surface area contributed by atoms with Gasteiger partial charge in [0.1, 0.15) is 12.4 Å². The summed E-state index contributed by atoms with van der Waals surface area (Å²) in [6.45, 7) is 7.04. The molecule has 0 saturated heterocycles. The normalized spacial score (nSPS) is 11.8. The second-order valence-electron chi connectivity index (χ2n) is 5.93. The fourth-order valence-electron chi connectivity index (χ4n) is 2.47. The summed E-state index contributed by atoms with van der Waals surface area (Å²) in [6, 6.07) is 13.7.